The molecule has 1 aliphatic heterocycles. The quantitative estimate of drug-likeness (QED) is 0.381. The average Bonchev–Trinajstić information content (AvgIpc) is 3.39. The molecular formula is C29H36N4O5S. The number of carbonyl (C=O) groups excluding carboxylic acids is 1. The molecular weight excluding hydrogens is 516 g/mol. The maximum Gasteiger partial charge on any atom is 0.273 e. The zero-order chi connectivity index (χ0) is 27.6. The van der Waals surface area contributed by atoms with E-state index < -0.39 is 10.0 Å². The van der Waals surface area contributed by atoms with E-state index in [1.807, 2.05) is 12.1 Å². The van der Waals surface area contributed by atoms with E-state index in [0.29, 0.717) is 23.4 Å². The first-order chi connectivity index (χ1) is 18.7. The molecule has 5 rings (SSSR count). The molecule has 39 heavy (non-hydrogen) atoms. The summed E-state index contributed by atoms with van der Waals surface area (Å²) in [5, 5.41) is 2.90. The van der Waals surface area contributed by atoms with Crippen molar-refractivity contribution in [1.82, 2.24) is 19.5 Å². The number of hydrogen-bond acceptors (Lipinski definition) is 7. The molecule has 0 unspecified atom stereocenters. The maximum absolute atomic E-state index is 13.7. The van der Waals surface area contributed by atoms with Crippen LogP contribution in [0.25, 0.3) is 0 Å². The second kappa shape index (κ2) is 11.5. The molecule has 0 atom stereocenters. The molecule has 1 saturated heterocycles. The molecule has 10 heteroatoms. The SMILES string of the molecule is COc1cc(C)c(S(=O)(=O)N(Cc2nc(C(=O)NCc3cccc(CN4CCCC4)c3)co2)C2CC2)c(C)c1. The molecule has 1 saturated carbocycles. The van der Waals surface area contributed by atoms with Gasteiger partial charge in [0.15, 0.2) is 5.69 Å². The molecule has 2 aliphatic rings. The number of hydrogen-bond donors (Lipinski definition) is 1. The molecule has 9 nitrogen and oxygen atoms in total. The van der Waals surface area contributed by atoms with Gasteiger partial charge >= 0.3 is 0 Å². The number of likely N-dealkylation sites (tertiary alicyclic amines) is 1. The number of benzene rings is 2. The number of nitrogens with zero attached hydrogens (tertiary/aromatic N) is 3. The van der Waals surface area contributed by atoms with Crippen LogP contribution in [0.3, 0.4) is 0 Å². The summed E-state index contributed by atoms with van der Waals surface area (Å²) in [4.78, 5) is 19.8. The molecule has 0 radical (unpaired) electrons. The van der Waals surface area contributed by atoms with E-state index in [4.69, 9.17) is 9.15 Å². The summed E-state index contributed by atoms with van der Waals surface area (Å²) in [6.07, 6.45) is 5.34. The smallest absolute Gasteiger partial charge is 0.273 e. The minimum absolute atomic E-state index is 0.0380. The highest BCUT2D eigenvalue weighted by Crippen LogP contribution is 2.36. The van der Waals surface area contributed by atoms with Crippen LogP contribution in [-0.2, 0) is 29.7 Å². The Morgan fingerprint density at radius 2 is 1.82 bits per heavy atom. The van der Waals surface area contributed by atoms with Gasteiger partial charge in [-0.1, -0.05) is 24.3 Å². The lowest BCUT2D eigenvalue weighted by Crippen LogP contribution is -2.33. The van der Waals surface area contributed by atoms with Gasteiger partial charge in [-0.25, -0.2) is 13.4 Å². The van der Waals surface area contributed by atoms with Gasteiger partial charge in [-0.2, -0.15) is 4.31 Å². The van der Waals surface area contributed by atoms with Gasteiger partial charge in [0, 0.05) is 19.1 Å². The van der Waals surface area contributed by atoms with Crippen LogP contribution in [0.15, 0.2) is 52.0 Å². The number of rotatable bonds is 11. The zero-order valence-electron chi connectivity index (χ0n) is 22.8. The van der Waals surface area contributed by atoms with Crippen LogP contribution in [-0.4, -0.2) is 54.8 Å². The van der Waals surface area contributed by atoms with Crippen molar-refractivity contribution in [1.29, 1.82) is 0 Å². The van der Waals surface area contributed by atoms with Crippen molar-refractivity contribution in [3.05, 3.63) is 76.5 Å². The van der Waals surface area contributed by atoms with Crippen LogP contribution in [0.5, 0.6) is 5.75 Å². The lowest BCUT2D eigenvalue weighted by Gasteiger charge is -2.23. The van der Waals surface area contributed by atoms with Crippen molar-refractivity contribution < 1.29 is 22.4 Å². The molecule has 2 aromatic carbocycles. The number of nitrogens with one attached hydrogen (secondary N) is 1. The first-order valence-corrected chi connectivity index (χ1v) is 14.9. The average molecular weight is 553 g/mol. The Bertz CT molecular complexity index is 1420. The number of oxazole rings is 1. The fourth-order valence-corrected chi connectivity index (χ4v) is 7.31. The molecule has 1 amide bonds. The van der Waals surface area contributed by atoms with E-state index in [-0.39, 0.29) is 35.0 Å². The summed E-state index contributed by atoms with van der Waals surface area (Å²) in [6, 6.07) is 11.6. The van der Waals surface area contributed by atoms with Gasteiger partial charge in [0.2, 0.25) is 15.9 Å². The van der Waals surface area contributed by atoms with Crippen LogP contribution >= 0.6 is 0 Å². The largest absolute Gasteiger partial charge is 0.497 e. The van der Waals surface area contributed by atoms with Crippen molar-refractivity contribution in [3.63, 3.8) is 0 Å². The predicted molar refractivity (Wildman–Crippen MR) is 147 cm³/mol. The number of methoxy groups -OCH3 is 1. The number of carbonyl (C=O) groups is 1. The van der Waals surface area contributed by atoms with Crippen LogP contribution in [0.4, 0.5) is 0 Å². The van der Waals surface area contributed by atoms with Gasteiger partial charge in [-0.3, -0.25) is 9.69 Å². The first kappa shape index (κ1) is 27.4. The molecule has 1 aliphatic carbocycles. The molecule has 2 fully saturated rings. The highest BCUT2D eigenvalue weighted by Gasteiger charge is 2.40. The van der Waals surface area contributed by atoms with E-state index in [2.05, 4.69) is 27.3 Å². The summed E-state index contributed by atoms with van der Waals surface area (Å²) < 4.78 is 39.8. The topological polar surface area (TPSA) is 105 Å². The summed E-state index contributed by atoms with van der Waals surface area (Å²) in [6.45, 7) is 7.05. The van der Waals surface area contributed by atoms with E-state index >= 15 is 0 Å². The Morgan fingerprint density at radius 3 is 2.49 bits per heavy atom. The van der Waals surface area contributed by atoms with Crippen LogP contribution in [0, 0.1) is 13.8 Å². The van der Waals surface area contributed by atoms with E-state index in [9.17, 15) is 13.2 Å². The van der Waals surface area contributed by atoms with Gasteiger partial charge in [0.25, 0.3) is 5.91 Å². The monoisotopic (exact) mass is 552 g/mol. The van der Waals surface area contributed by atoms with E-state index in [1.165, 1.54) is 29.0 Å². The minimum atomic E-state index is -3.82. The third-order valence-electron chi connectivity index (χ3n) is 7.32. The third-order valence-corrected chi connectivity index (χ3v) is 9.52. The van der Waals surface area contributed by atoms with Gasteiger partial charge in [0.05, 0.1) is 18.6 Å². The molecule has 2 heterocycles. The zero-order valence-corrected chi connectivity index (χ0v) is 23.6. The second-order valence-electron chi connectivity index (χ2n) is 10.5. The van der Waals surface area contributed by atoms with Crippen molar-refractivity contribution in [2.45, 2.75) is 70.1 Å². The van der Waals surface area contributed by atoms with Gasteiger partial charge in [0.1, 0.15) is 12.0 Å². The number of aromatic nitrogens is 1. The standard InChI is InChI=1S/C29H36N4O5S/c1-20-13-25(37-3)14-21(2)28(20)39(35,36)33(24-9-10-24)18-27-31-26(19-38-27)29(34)30-16-22-7-6-8-23(15-22)17-32-11-4-5-12-32/h6-8,13-15,19,24H,4-5,9-12,16-18H2,1-3H3,(H,30,34). The normalized spacial score (nSPS) is 16.1. The van der Waals surface area contributed by atoms with E-state index in [1.54, 1.807) is 33.1 Å². The van der Waals surface area contributed by atoms with Crippen LogP contribution in [0.2, 0.25) is 0 Å². The molecule has 0 spiro atoms. The Hall–Kier alpha value is -3.21. The molecule has 208 valence electrons. The highest BCUT2D eigenvalue weighted by molar-refractivity contribution is 7.89. The number of ether oxygens (including phenoxy) is 1. The van der Waals surface area contributed by atoms with Gasteiger partial charge in [-0.05, 0) is 87.0 Å². The Morgan fingerprint density at radius 1 is 1.13 bits per heavy atom. The Labute approximate surface area is 230 Å². The molecule has 3 aromatic rings. The second-order valence-corrected chi connectivity index (χ2v) is 12.3. The minimum Gasteiger partial charge on any atom is -0.497 e. The first-order valence-electron chi connectivity index (χ1n) is 13.4. The highest BCUT2D eigenvalue weighted by atomic mass is 32.2. The van der Waals surface area contributed by atoms with Crippen molar-refractivity contribution >= 4 is 15.9 Å². The van der Waals surface area contributed by atoms with Crippen molar-refractivity contribution in [2.24, 2.45) is 0 Å². The lowest BCUT2D eigenvalue weighted by atomic mass is 10.1. The number of amides is 1. The fraction of sp³-hybridized carbons (Fsp3) is 0.448. The lowest BCUT2D eigenvalue weighted by molar-refractivity contribution is 0.0946. The summed E-state index contributed by atoms with van der Waals surface area (Å²) in [7, 11) is -2.26. The fourth-order valence-electron chi connectivity index (χ4n) is 5.26. The van der Waals surface area contributed by atoms with Crippen molar-refractivity contribution in [3.8, 4) is 5.75 Å². The molecule has 0 bridgehead atoms. The Kier molecular flexibility index (Phi) is 8.06. The Balaban J connectivity index is 1.24. The number of sulfonamides is 1. The summed E-state index contributed by atoms with van der Waals surface area (Å²) >= 11 is 0. The maximum atomic E-state index is 13.7. The van der Waals surface area contributed by atoms with Gasteiger partial charge in [-0.15, -0.1) is 0 Å². The predicted octanol–water partition coefficient (Wildman–Crippen LogP) is 4.18. The third kappa shape index (κ3) is 6.34. The number of aryl methyl sites for hydroxylation is 2. The molecule has 1 aromatic heterocycles. The van der Waals surface area contributed by atoms with Gasteiger partial charge < -0.3 is 14.5 Å². The summed E-state index contributed by atoms with van der Waals surface area (Å²) in [5.41, 5.74) is 3.61. The van der Waals surface area contributed by atoms with Crippen molar-refractivity contribution in [2.75, 3.05) is 20.2 Å². The van der Waals surface area contributed by atoms with Crippen LogP contribution in [0.1, 0.15) is 64.3 Å². The molecule has 1 N–H and O–H groups in total. The van der Waals surface area contributed by atoms with Crippen LogP contribution < -0.4 is 10.1 Å². The van der Waals surface area contributed by atoms with E-state index in [0.717, 1.165) is 38.0 Å². The summed E-state index contributed by atoms with van der Waals surface area (Å²) in [5.74, 6) is 0.438.